The third-order valence-electron chi connectivity index (χ3n) is 5.40. The highest BCUT2D eigenvalue weighted by Gasteiger charge is 2.47. The summed E-state index contributed by atoms with van der Waals surface area (Å²) in [4.78, 5) is 42.3. The first kappa shape index (κ1) is 19.6. The number of amides is 2. The van der Waals surface area contributed by atoms with Crippen LogP contribution in [0.2, 0.25) is 5.02 Å². The molecule has 0 spiro atoms. The third kappa shape index (κ3) is 4.17. The van der Waals surface area contributed by atoms with E-state index in [-0.39, 0.29) is 49.1 Å². The molecular formula is C20H20ClN3O5. The summed E-state index contributed by atoms with van der Waals surface area (Å²) in [6.45, 7) is -0.129. The standard InChI is InChI=1S/C20H20ClN3O5/c21-13-7-5-12(6-8-13)18-22-16(29-23-18)11-28-17(25)9-10-24-19(26)14-3-1-2-4-15(14)20(24)27/h5-8,14-15H,1-4,9-11H2/t14-,15-/m0/s1. The van der Waals surface area contributed by atoms with Gasteiger partial charge in [0.1, 0.15) is 0 Å². The van der Waals surface area contributed by atoms with Gasteiger partial charge in [-0.25, -0.2) is 0 Å². The lowest BCUT2D eigenvalue weighted by Gasteiger charge is -2.19. The molecule has 152 valence electrons. The number of nitrogens with zero attached hydrogens (tertiary/aromatic N) is 3. The summed E-state index contributed by atoms with van der Waals surface area (Å²) in [7, 11) is 0. The van der Waals surface area contributed by atoms with Gasteiger partial charge in [0.15, 0.2) is 6.61 Å². The molecular weight excluding hydrogens is 398 g/mol. The van der Waals surface area contributed by atoms with Crippen molar-refractivity contribution in [2.45, 2.75) is 38.7 Å². The third-order valence-corrected chi connectivity index (χ3v) is 5.65. The monoisotopic (exact) mass is 417 g/mol. The van der Waals surface area contributed by atoms with E-state index < -0.39 is 5.97 Å². The highest BCUT2D eigenvalue weighted by atomic mass is 35.5. The molecule has 0 bridgehead atoms. The molecule has 0 radical (unpaired) electrons. The van der Waals surface area contributed by atoms with Crippen LogP contribution in [0.5, 0.6) is 0 Å². The number of halogens is 1. The minimum Gasteiger partial charge on any atom is -0.456 e. The number of esters is 1. The summed E-state index contributed by atoms with van der Waals surface area (Å²) in [5.41, 5.74) is 0.725. The Balaban J connectivity index is 1.27. The molecule has 2 heterocycles. The van der Waals surface area contributed by atoms with Crippen molar-refractivity contribution in [2.24, 2.45) is 11.8 Å². The molecule has 2 fully saturated rings. The average molecular weight is 418 g/mol. The minimum atomic E-state index is -0.535. The van der Waals surface area contributed by atoms with Gasteiger partial charge in [0, 0.05) is 17.1 Å². The smallest absolute Gasteiger partial charge is 0.308 e. The maximum Gasteiger partial charge on any atom is 0.308 e. The quantitative estimate of drug-likeness (QED) is 0.525. The first-order chi connectivity index (χ1) is 14.0. The Morgan fingerprint density at radius 3 is 2.45 bits per heavy atom. The first-order valence-electron chi connectivity index (χ1n) is 9.62. The summed E-state index contributed by atoms with van der Waals surface area (Å²) in [6.07, 6.45) is 3.39. The second-order valence-corrected chi connectivity index (χ2v) is 7.69. The zero-order valence-corrected chi connectivity index (χ0v) is 16.4. The predicted octanol–water partition coefficient (Wildman–Crippen LogP) is 3.00. The Labute approximate surface area is 172 Å². The van der Waals surface area contributed by atoms with Crippen molar-refractivity contribution in [2.75, 3.05) is 6.54 Å². The zero-order chi connectivity index (χ0) is 20.4. The van der Waals surface area contributed by atoms with E-state index in [1.165, 1.54) is 4.90 Å². The SMILES string of the molecule is O=C(CCN1C(=O)[C@H]2CCCC[C@@H]2C1=O)OCc1nc(-c2ccc(Cl)cc2)no1. The molecule has 2 atom stereocenters. The average Bonchev–Trinajstić information content (AvgIpc) is 3.30. The van der Waals surface area contributed by atoms with Crippen LogP contribution < -0.4 is 0 Å². The van der Waals surface area contributed by atoms with E-state index in [0.29, 0.717) is 10.8 Å². The molecule has 1 saturated heterocycles. The Bertz CT molecular complexity index is 902. The molecule has 4 rings (SSSR count). The van der Waals surface area contributed by atoms with Crippen molar-refractivity contribution >= 4 is 29.4 Å². The summed E-state index contributed by atoms with van der Waals surface area (Å²) >= 11 is 5.85. The number of hydrogen-bond acceptors (Lipinski definition) is 7. The molecule has 1 aliphatic carbocycles. The van der Waals surface area contributed by atoms with Crippen LogP contribution in [0.25, 0.3) is 11.4 Å². The number of imide groups is 1. The number of aromatic nitrogens is 2. The molecule has 1 aliphatic heterocycles. The summed E-state index contributed by atoms with van der Waals surface area (Å²) in [6, 6.07) is 6.93. The van der Waals surface area contributed by atoms with Crippen LogP contribution in [-0.4, -0.2) is 39.4 Å². The minimum absolute atomic E-state index is 0.0450. The number of rotatable bonds is 6. The highest BCUT2D eigenvalue weighted by Crippen LogP contribution is 2.38. The zero-order valence-electron chi connectivity index (χ0n) is 15.7. The number of benzene rings is 1. The summed E-state index contributed by atoms with van der Waals surface area (Å²) in [5.74, 6) is -0.749. The molecule has 8 nitrogen and oxygen atoms in total. The maximum absolute atomic E-state index is 12.4. The number of carbonyl (C=O) groups excluding carboxylic acids is 3. The van der Waals surface area contributed by atoms with Gasteiger partial charge in [-0.2, -0.15) is 4.98 Å². The fourth-order valence-electron chi connectivity index (χ4n) is 3.90. The Kier molecular flexibility index (Phi) is 5.62. The lowest BCUT2D eigenvalue weighted by molar-refractivity contribution is -0.147. The maximum atomic E-state index is 12.4. The summed E-state index contributed by atoms with van der Waals surface area (Å²) < 4.78 is 10.2. The van der Waals surface area contributed by atoms with Crippen molar-refractivity contribution in [1.29, 1.82) is 0 Å². The van der Waals surface area contributed by atoms with Gasteiger partial charge in [-0.3, -0.25) is 19.3 Å². The molecule has 2 amide bonds. The van der Waals surface area contributed by atoms with E-state index in [9.17, 15) is 14.4 Å². The van der Waals surface area contributed by atoms with E-state index >= 15 is 0 Å². The van der Waals surface area contributed by atoms with E-state index in [1.807, 2.05) is 0 Å². The summed E-state index contributed by atoms with van der Waals surface area (Å²) in [5, 5.41) is 4.44. The largest absolute Gasteiger partial charge is 0.456 e. The first-order valence-corrected chi connectivity index (χ1v) is 10.00. The number of carbonyl (C=O) groups is 3. The molecule has 1 aromatic heterocycles. The number of likely N-dealkylation sites (tertiary alicyclic amines) is 1. The second-order valence-electron chi connectivity index (χ2n) is 7.25. The molecule has 9 heteroatoms. The van der Waals surface area contributed by atoms with Gasteiger partial charge < -0.3 is 9.26 Å². The Morgan fingerprint density at radius 1 is 1.14 bits per heavy atom. The van der Waals surface area contributed by atoms with Crippen LogP contribution in [0.4, 0.5) is 0 Å². The van der Waals surface area contributed by atoms with Crippen molar-refractivity contribution in [3.05, 3.63) is 35.2 Å². The lowest BCUT2D eigenvalue weighted by atomic mass is 9.81. The van der Waals surface area contributed by atoms with Crippen molar-refractivity contribution < 1.29 is 23.6 Å². The van der Waals surface area contributed by atoms with Crippen molar-refractivity contribution in [1.82, 2.24) is 15.0 Å². The van der Waals surface area contributed by atoms with Crippen molar-refractivity contribution in [3.8, 4) is 11.4 Å². The molecule has 0 N–H and O–H groups in total. The molecule has 0 unspecified atom stereocenters. The second kappa shape index (κ2) is 8.32. The van der Waals surface area contributed by atoms with E-state index in [0.717, 1.165) is 31.2 Å². The van der Waals surface area contributed by atoms with Crippen molar-refractivity contribution in [3.63, 3.8) is 0 Å². The lowest BCUT2D eigenvalue weighted by Crippen LogP contribution is -2.33. The fourth-order valence-corrected chi connectivity index (χ4v) is 4.02. The van der Waals surface area contributed by atoms with Crippen LogP contribution in [-0.2, 0) is 25.7 Å². The normalized spacial score (nSPS) is 21.3. The van der Waals surface area contributed by atoms with Gasteiger partial charge in [0.2, 0.25) is 17.6 Å². The van der Waals surface area contributed by atoms with Crippen LogP contribution in [0, 0.1) is 11.8 Å². The molecule has 1 aromatic carbocycles. The number of hydrogen-bond donors (Lipinski definition) is 0. The fraction of sp³-hybridized carbons (Fsp3) is 0.450. The van der Waals surface area contributed by atoms with Crippen LogP contribution in [0.1, 0.15) is 38.0 Å². The number of fused-ring (bicyclic) bond motifs is 1. The van der Waals surface area contributed by atoms with Gasteiger partial charge in [0.25, 0.3) is 5.89 Å². The van der Waals surface area contributed by atoms with E-state index in [4.69, 9.17) is 20.9 Å². The van der Waals surface area contributed by atoms with Gasteiger partial charge in [0.05, 0.1) is 18.3 Å². The Hall–Kier alpha value is -2.74. The molecule has 1 saturated carbocycles. The van der Waals surface area contributed by atoms with Gasteiger partial charge >= 0.3 is 5.97 Å². The van der Waals surface area contributed by atoms with Gasteiger partial charge in [-0.1, -0.05) is 29.6 Å². The van der Waals surface area contributed by atoms with Crippen LogP contribution >= 0.6 is 11.6 Å². The number of ether oxygens (including phenoxy) is 1. The van der Waals surface area contributed by atoms with Gasteiger partial charge in [-0.15, -0.1) is 0 Å². The molecule has 2 aromatic rings. The van der Waals surface area contributed by atoms with Gasteiger partial charge in [-0.05, 0) is 37.1 Å². The predicted molar refractivity (Wildman–Crippen MR) is 101 cm³/mol. The topological polar surface area (TPSA) is 103 Å². The van der Waals surface area contributed by atoms with Crippen LogP contribution in [0.3, 0.4) is 0 Å². The molecule has 2 aliphatic rings. The van der Waals surface area contributed by atoms with E-state index in [2.05, 4.69) is 10.1 Å². The Morgan fingerprint density at radius 2 is 1.79 bits per heavy atom. The molecule has 29 heavy (non-hydrogen) atoms. The van der Waals surface area contributed by atoms with E-state index in [1.54, 1.807) is 24.3 Å². The highest BCUT2D eigenvalue weighted by molar-refractivity contribution is 6.30. The van der Waals surface area contributed by atoms with Crippen LogP contribution in [0.15, 0.2) is 28.8 Å².